The SMILES string of the molecule is COC1(Cn2c(N)nnc2SCC(=O)O)CCC1. The molecule has 7 nitrogen and oxygen atoms in total. The number of carboxylic acids is 1. The predicted octanol–water partition coefficient (Wildman–Crippen LogP) is 0.606. The van der Waals surface area contributed by atoms with Gasteiger partial charge in [-0.15, -0.1) is 10.2 Å². The Bertz CT molecular complexity index is 439. The molecule has 0 unspecified atom stereocenters. The first kappa shape index (κ1) is 13.2. The molecule has 0 aromatic carbocycles. The van der Waals surface area contributed by atoms with Crippen LogP contribution in [-0.4, -0.2) is 44.3 Å². The van der Waals surface area contributed by atoms with Gasteiger partial charge in [-0.25, -0.2) is 0 Å². The third kappa shape index (κ3) is 2.59. The van der Waals surface area contributed by atoms with Crippen molar-refractivity contribution < 1.29 is 14.6 Å². The fourth-order valence-corrected chi connectivity index (χ4v) is 2.63. The fourth-order valence-electron chi connectivity index (χ4n) is 1.97. The number of hydrogen-bond acceptors (Lipinski definition) is 6. The van der Waals surface area contributed by atoms with Crippen LogP contribution >= 0.6 is 11.8 Å². The van der Waals surface area contributed by atoms with Gasteiger partial charge in [-0.3, -0.25) is 9.36 Å². The maximum Gasteiger partial charge on any atom is 0.313 e. The van der Waals surface area contributed by atoms with Crippen molar-refractivity contribution in [2.24, 2.45) is 0 Å². The number of aromatic nitrogens is 3. The summed E-state index contributed by atoms with van der Waals surface area (Å²) in [5, 5.41) is 16.9. The van der Waals surface area contributed by atoms with Crippen molar-refractivity contribution in [1.29, 1.82) is 0 Å². The molecule has 18 heavy (non-hydrogen) atoms. The Hall–Kier alpha value is -1.28. The summed E-state index contributed by atoms with van der Waals surface area (Å²) in [6.07, 6.45) is 3.09. The zero-order chi connectivity index (χ0) is 13.2. The highest BCUT2D eigenvalue weighted by Crippen LogP contribution is 2.37. The highest BCUT2D eigenvalue weighted by Gasteiger charge is 2.38. The first-order chi connectivity index (χ1) is 8.56. The Morgan fingerprint density at radius 2 is 2.33 bits per heavy atom. The summed E-state index contributed by atoms with van der Waals surface area (Å²) in [5.74, 6) is -0.651. The van der Waals surface area contributed by atoms with Crippen LogP contribution in [0.3, 0.4) is 0 Å². The first-order valence-corrected chi connectivity index (χ1v) is 6.63. The van der Waals surface area contributed by atoms with Gasteiger partial charge in [0, 0.05) is 7.11 Å². The van der Waals surface area contributed by atoms with Crippen LogP contribution in [0.4, 0.5) is 5.95 Å². The molecule has 1 aromatic rings. The predicted molar refractivity (Wildman–Crippen MR) is 66.4 cm³/mol. The number of aliphatic carboxylic acids is 1. The van der Waals surface area contributed by atoms with Crippen LogP contribution in [0.25, 0.3) is 0 Å². The van der Waals surface area contributed by atoms with E-state index >= 15 is 0 Å². The second kappa shape index (κ2) is 5.15. The van der Waals surface area contributed by atoms with E-state index < -0.39 is 5.97 Å². The van der Waals surface area contributed by atoms with E-state index in [1.165, 1.54) is 0 Å². The minimum Gasteiger partial charge on any atom is -0.481 e. The highest BCUT2D eigenvalue weighted by atomic mass is 32.2. The molecular weight excluding hydrogens is 256 g/mol. The molecule has 100 valence electrons. The van der Waals surface area contributed by atoms with Gasteiger partial charge >= 0.3 is 5.97 Å². The maximum atomic E-state index is 10.6. The van der Waals surface area contributed by atoms with Crippen molar-refractivity contribution >= 4 is 23.7 Å². The molecule has 1 aliphatic rings. The van der Waals surface area contributed by atoms with Crippen molar-refractivity contribution in [2.75, 3.05) is 18.6 Å². The minimum atomic E-state index is -0.891. The summed E-state index contributed by atoms with van der Waals surface area (Å²) < 4.78 is 7.26. The molecule has 1 saturated carbocycles. The molecule has 1 fully saturated rings. The second-order valence-electron chi connectivity index (χ2n) is 4.35. The van der Waals surface area contributed by atoms with Gasteiger partial charge in [0.15, 0.2) is 5.16 Å². The number of carboxylic acid groups (broad SMARTS) is 1. The lowest BCUT2D eigenvalue weighted by atomic mass is 9.80. The first-order valence-electron chi connectivity index (χ1n) is 5.65. The zero-order valence-corrected chi connectivity index (χ0v) is 10.9. The van der Waals surface area contributed by atoms with Gasteiger partial charge in [0.25, 0.3) is 0 Å². The van der Waals surface area contributed by atoms with E-state index in [1.807, 2.05) is 0 Å². The van der Waals surface area contributed by atoms with Gasteiger partial charge in [-0.05, 0) is 19.3 Å². The van der Waals surface area contributed by atoms with Crippen LogP contribution in [0.2, 0.25) is 0 Å². The van der Waals surface area contributed by atoms with Gasteiger partial charge in [0.05, 0.1) is 17.9 Å². The molecule has 0 atom stereocenters. The van der Waals surface area contributed by atoms with E-state index in [2.05, 4.69) is 10.2 Å². The summed E-state index contributed by atoms with van der Waals surface area (Å²) in [6.45, 7) is 0.574. The van der Waals surface area contributed by atoms with Gasteiger partial charge in [-0.2, -0.15) is 0 Å². The number of methoxy groups -OCH3 is 1. The van der Waals surface area contributed by atoms with Gasteiger partial charge in [-0.1, -0.05) is 11.8 Å². The Balaban J connectivity index is 2.11. The molecular formula is C10H16N4O3S. The molecule has 0 bridgehead atoms. The molecule has 1 aliphatic carbocycles. The monoisotopic (exact) mass is 272 g/mol. The largest absolute Gasteiger partial charge is 0.481 e. The van der Waals surface area contributed by atoms with E-state index in [0.717, 1.165) is 31.0 Å². The molecule has 0 radical (unpaired) electrons. The van der Waals surface area contributed by atoms with Crippen molar-refractivity contribution in [1.82, 2.24) is 14.8 Å². The van der Waals surface area contributed by atoms with E-state index in [-0.39, 0.29) is 11.4 Å². The number of nitrogens with zero attached hydrogens (tertiary/aromatic N) is 3. The molecule has 1 heterocycles. The number of hydrogen-bond donors (Lipinski definition) is 2. The Morgan fingerprint density at radius 1 is 1.61 bits per heavy atom. The van der Waals surface area contributed by atoms with Crippen LogP contribution in [-0.2, 0) is 16.1 Å². The normalized spacial score (nSPS) is 17.4. The summed E-state index contributed by atoms with van der Waals surface area (Å²) in [4.78, 5) is 10.6. The topological polar surface area (TPSA) is 103 Å². The molecule has 2 rings (SSSR count). The average molecular weight is 272 g/mol. The molecule has 0 amide bonds. The van der Waals surface area contributed by atoms with Crippen LogP contribution in [0, 0.1) is 0 Å². The van der Waals surface area contributed by atoms with Gasteiger partial charge in [0.2, 0.25) is 5.95 Å². The minimum absolute atomic E-state index is 0.0574. The number of anilines is 1. The van der Waals surface area contributed by atoms with Gasteiger partial charge < -0.3 is 15.6 Å². The third-order valence-corrected chi connectivity index (χ3v) is 4.17. The van der Waals surface area contributed by atoms with Crippen LogP contribution in [0.5, 0.6) is 0 Å². The van der Waals surface area contributed by atoms with E-state index in [1.54, 1.807) is 11.7 Å². The standard InChI is InChI=1S/C10H16N4O3S/c1-17-10(3-2-4-10)6-14-8(11)12-13-9(14)18-5-7(15)16/h2-6H2,1H3,(H2,11,12)(H,15,16). The second-order valence-corrected chi connectivity index (χ2v) is 5.29. The lowest BCUT2D eigenvalue weighted by Crippen LogP contribution is -2.43. The van der Waals surface area contributed by atoms with Crippen LogP contribution in [0.1, 0.15) is 19.3 Å². The summed E-state index contributed by atoms with van der Waals surface area (Å²) in [5.41, 5.74) is 5.56. The molecule has 0 saturated heterocycles. The summed E-state index contributed by atoms with van der Waals surface area (Å²) >= 11 is 1.12. The van der Waals surface area contributed by atoms with Crippen molar-refractivity contribution in [3.8, 4) is 0 Å². The Kier molecular flexibility index (Phi) is 3.76. The molecule has 0 aliphatic heterocycles. The van der Waals surface area contributed by atoms with E-state index in [0.29, 0.717) is 17.6 Å². The van der Waals surface area contributed by atoms with Gasteiger partial charge in [0.1, 0.15) is 0 Å². The molecule has 1 aromatic heterocycles. The third-order valence-electron chi connectivity index (χ3n) is 3.21. The highest BCUT2D eigenvalue weighted by molar-refractivity contribution is 7.99. The molecule has 3 N–H and O–H groups in total. The lowest BCUT2D eigenvalue weighted by Gasteiger charge is -2.40. The number of nitrogen functional groups attached to an aromatic ring is 1. The Labute approximate surface area is 109 Å². The Morgan fingerprint density at radius 3 is 2.83 bits per heavy atom. The number of nitrogens with two attached hydrogens (primary N) is 1. The quantitative estimate of drug-likeness (QED) is 0.731. The summed E-state index contributed by atoms with van der Waals surface area (Å²) in [7, 11) is 1.68. The van der Waals surface area contributed by atoms with Crippen molar-refractivity contribution in [3.63, 3.8) is 0 Å². The maximum absolute atomic E-state index is 10.6. The van der Waals surface area contributed by atoms with Crippen LogP contribution in [0.15, 0.2) is 5.16 Å². The number of carbonyl (C=O) groups is 1. The zero-order valence-electron chi connectivity index (χ0n) is 10.1. The van der Waals surface area contributed by atoms with Crippen LogP contribution < -0.4 is 5.73 Å². The molecule has 8 heteroatoms. The molecule has 0 spiro atoms. The average Bonchev–Trinajstić information content (AvgIpc) is 2.62. The van der Waals surface area contributed by atoms with Crippen molar-refractivity contribution in [3.05, 3.63) is 0 Å². The van der Waals surface area contributed by atoms with E-state index in [9.17, 15) is 4.79 Å². The van der Waals surface area contributed by atoms with E-state index in [4.69, 9.17) is 15.6 Å². The van der Waals surface area contributed by atoms with Crippen molar-refractivity contribution in [2.45, 2.75) is 36.6 Å². The lowest BCUT2D eigenvalue weighted by molar-refractivity contribution is -0.133. The smallest absolute Gasteiger partial charge is 0.313 e. The fraction of sp³-hybridized carbons (Fsp3) is 0.700. The number of rotatable bonds is 6. The summed E-state index contributed by atoms with van der Waals surface area (Å²) in [6, 6.07) is 0. The number of ether oxygens (including phenoxy) is 1. The number of thioether (sulfide) groups is 1.